The third-order valence-electron chi connectivity index (χ3n) is 4.27. The number of nitrogens with zero attached hydrogens (tertiary/aromatic N) is 2. The molecule has 0 saturated heterocycles. The standard InChI is InChI=1S/C20H21N3O3S/c1-13-9-14(2)19(15(3)10-13)22-20(24)16-11-21-23(12-16)17-7-5-6-8-18(17)27(4,25)26/h5-12H,1-4H3,(H,22,24). The maximum Gasteiger partial charge on any atom is 0.258 e. The molecular weight excluding hydrogens is 362 g/mol. The Bertz CT molecular complexity index is 1110. The van der Waals surface area contributed by atoms with Gasteiger partial charge in [0.1, 0.15) is 0 Å². The molecule has 1 amide bonds. The van der Waals surface area contributed by atoms with E-state index >= 15 is 0 Å². The van der Waals surface area contributed by atoms with Crippen LogP contribution in [0.15, 0.2) is 53.7 Å². The first kappa shape index (κ1) is 18.8. The van der Waals surface area contributed by atoms with Crippen LogP contribution < -0.4 is 5.32 Å². The molecule has 0 fully saturated rings. The number of aromatic nitrogens is 2. The number of benzene rings is 2. The summed E-state index contributed by atoms with van der Waals surface area (Å²) in [6, 6.07) is 10.6. The smallest absolute Gasteiger partial charge is 0.258 e. The molecule has 0 saturated carbocycles. The number of hydrogen-bond donors (Lipinski definition) is 1. The number of para-hydroxylation sites is 1. The molecule has 1 aromatic heterocycles. The van der Waals surface area contributed by atoms with Gasteiger partial charge in [-0.15, -0.1) is 0 Å². The van der Waals surface area contributed by atoms with E-state index in [9.17, 15) is 13.2 Å². The van der Waals surface area contributed by atoms with Crippen molar-refractivity contribution in [1.29, 1.82) is 0 Å². The third kappa shape index (κ3) is 3.93. The normalized spacial score (nSPS) is 11.4. The number of nitrogens with one attached hydrogen (secondary N) is 1. The fourth-order valence-electron chi connectivity index (χ4n) is 3.09. The highest BCUT2D eigenvalue weighted by atomic mass is 32.2. The van der Waals surface area contributed by atoms with Gasteiger partial charge in [-0.3, -0.25) is 4.79 Å². The summed E-state index contributed by atoms with van der Waals surface area (Å²) in [5, 5.41) is 7.09. The predicted octanol–water partition coefficient (Wildman–Crippen LogP) is 3.45. The monoisotopic (exact) mass is 383 g/mol. The van der Waals surface area contributed by atoms with Gasteiger partial charge in [0.25, 0.3) is 5.91 Å². The zero-order chi connectivity index (χ0) is 19.8. The molecule has 0 radical (unpaired) electrons. The summed E-state index contributed by atoms with van der Waals surface area (Å²) in [5.74, 6) is -0.298. The minimum atomic E-state index is -3.42. The summed E-state index contributed by atoms with van der Waals surface area (Å²) in [5.41, 5.74) is 4.62. The van der Waals surface area contributed by atoms with Crippen LogP contribution in [0.2, 0.25) is 0 Å². The molecule has 140 valence electrons. The van der Waals surface area contributed by atoms with Crippen molar-refractivity contribution < 1.29 is 13.2 Å². The molecule has 0 unspecified atom stereocenters. The van der Waals surface area contributed by atoms with E-state index in [1.807, 2.05) is 32.9 Å². The number of sulfone groups is 1. The number of aryl methyl sites for hydroxylation is 3. The number of anilines is 1. The first-order valence-corrected chi connectivity index (χ1v) is 10.3. The van der Waals surface area contributed by atoms with Crippen molar-refractivity contribution in [3.63, 3.8) is 0 Å². The molecule has 1 N–H and O–H groups in total. The van der Waals surface area contributed by atoms with Crippen LogP contribution in [0.1, 0.15) is 27.0 Å². The molecule has 0 spiro atoms. The lowest BCUT2D eigenvalue weighted by Crippen LogP contribution is -2.13. The molecule has 0 atom stereocenters. The van der Waals surface area contributed by atoms with Gasteiger partial charge in [0.2, 0.25) is 0 Å². The Kier molecular flexibility index (Phi) is 4.89. The van der Waals surface area contributed by atoms with E-state index in [0.29, 0.717) is 11.3 Å². The number of amides is 1. The van der Waals surface area contributed by atoms with E-state index in [0.717, 1.165) is 28.6 Å². The lowest BCUT2D eigenvalue weighted by Gasteiger charge is -2.12. The van der Waals surface area contributed by atoms with Gasteiger partial charge in [-0.05, 0) is 44.0 Å². The van der Waals surface area contributed by atoms with Crippen LogP contribution in [0.4, 0.5) is 5.69 Å². The topological polar surface area (TPSA) is 81.1 Å². The SMILES string of the molecule is Cc1cc(C)c(NC(=O)c2cnn(-c3ccccc3S(C)(=O)=O)c2)c(C)c1. The molecule has 7 heteroatoms. The Labute approximate surface area is 158 Å². The van der Waals surface area contributed by atoms with Crippen LogP contribution in [-0.4, -0.2) is 30.4 Å². The zero-order valence-electron chi connectivity index (χ0n) is 15.6. The molecule has 27 heavy (non-hydrogen) atoms. The highest BCUT2D eigenvalue weighted by molar-refractivity contribution is 7.90. The first-order chi connectivity index (χ1) is 12.7. The number of carbonyl (C=O) groups excluding carboxylic acids is 1. The summed E-state index contributed by atoms with van der Waals surface area (Å²) in [6.45, 7) is 5.90. The van der Waals surface area contributed by atoms with Crippen LogP contribution in [0.25, 0.3) is 5.69 Å². The van der Waals surface area contributed by atoms with Crippen molar-refractivity contribution in [3.8, 4) is 5.69 Å². The maximum absolute atomic E-state index is 12.6. The average molecular weight is 383 g/mol. The summed E-state index contributed by atoms with van der Waals surface area (Å²) >= 11 is 0. The molecule has 0 aliphatic carbocycles. The second-order valence-electron chi connectivity index (χ2n) is 6.64. The second kappa shape index (κ2) is 7.00. The van der Waals surface area contributed by atoms with Gasteiger partial charge in [0.15, 0.2) is 9.84 Å². The van der Waals surface area contributed by atoms with E-state index < -0.39 is 9.84 Å². The van der Waals surface area contributed by atoms with Crippen LogP contribution in [0.3, 0.4) is 0 Å². The van der Waals surface area contributed by atoms with Crippen LogP contribution in [-0.2, 0) is 9.84 Å². The van der Waals surface area contributed by atoms with E-state index in [-0.39, 0.29) is 10.8 Å². The molecular formula is C20H21N3O3S. The van der Waals surface area contributed by atoms with Crippen molar-refractivity contribution in [2.45, 2.75) is 25.7 Å². The Morgan fingerprint density at radius 2 is 1.70 bits per heavy atom. The van der Waals surface area contributed by atoms with E-state index in [2.05, 4.69) is 10.4 Å². The van der Waals surface area contributed by atoms with E-state index in [1.54, 1.807) is 18.2 Å². The Morgan fingerprint density at radius 1 is 1.07 bits per heavy atom. The van der Waals surface area contributed by atoms with Crippen LogP contribution in [0.5, 0.6) is 0 Å². The number of rotatable bonds is 4. The third-order valence-corrected chi connectivity index (χ3v) is 5.42. The molecule has 0 bridgehead atoms. The summed E-state index contributed by atoms with van der Waals surface area (Å²) < 4.78 is 25.4. The molecule has 3 rings (SSSR count). The van der Waals surface area contributed by atoms with Gasteiger partial charge in [-0.1, -0.05) is 29.8 Å². The summed E-state index contributed by atoms with van der Waals surface area (Å²) in [6.07, 6.45) is 4.09. The van der Waals surface area contributed by atoms with Gasteiger partial charge in [0.05, 0.1) is 22.3 Å². The fraction of sp³-hybridized carbons (Fsp3) is 0.200. The van der Waals surface area contributed by atoms with E-state index in [1.165, 1.54) is 23.1 Å². The predicted molar refractivity (Wildman–Crippen MR) is 105 cm³/mol. The van der Waals surface area contributed by atoms with Crippen molar-refractivity contribution in [2.75, 3.05) is 11.6 Å². The summed E-state index contributed by atoms with van der Waals surface area (Å²) in [4.78, 5) is 12.8. The van der Waals surface area contributed by atoms with Crippen LogP contribution in [0, 0.1) is 20.8 Å². The Balaban J connectivity index is 1.93. The lowest BCUT2D eigenvalue weighted by molar-refractivity contribution is 0.102. The first-order valence-electron chi connectivity index (χ1n) is 8.40. The number of carbonyl (C=O) groups is 1. The quantitative estimate of drug-likeness (QED) is 0.748. The fourth-order valence-corrected chi connectivity index (χ4v) is 3.96. The second-order valence-corrected chi connectivity index (χ2v) is 8.63. The molecule has 2 aromatic carbocycles. The molecule has 0 aliphatic rings. The van der Waals surface area contributed by atoms with E-state index in [4.69, 9.17) is 0 Å². The average Bonchev–Trinajstić information content (AvgIpc) is 3.07. The highest BCUT2D eigenvalue weighted by Gasteiger charge is 2.17. The number of hydrogen-bond acceptors (Lipinski definition) is 4. The van der Waals surface area contributed by atoms with Crippen LogP contribution >= 0.6 is 0 Å². The molecule has 0 aliphatic heterocycles. The van der Waals surface area contributed by atoms with Crippen molar-refractivity contribution in [2.24, 2.45) is 0 Å². The lowest BCUT2D eigenvalue weighted by atomic mass is 10.0. The minimum absolute atomic E-state index is 0.158. The van der Waals surface area contributed by atoms with Crippen molar-refractivity contribution >= 4 is 21.4 Å². The van der Waals surface area contributed by atoms with Crippen molar-refractivity contribution in [1.82, 2.24) is 9.78 Å². The largest absolute Gasteiger partial charge is 0.321 e. The highest BCUT2D eigenvalue weighted by Crippen LogP contribution is 2.23. The Hall–Kier alpha value is -2.93. The maximum atomic E-state index is 12.6. The van der Waals surface area contributed by atoms with Gasteiger partial charge >= 0.3 is 0 Å². The van der Waals surface area contributed by atoms with Gasteiger partial charge in [-0.25, -0.2) is 13.1 Å². The summed E-state index contributed by atoms with van der Waals surface area (Å²) in [7, 11) is -3.42. The Morgan fingerprint density at radius 3 is 2.33 bits per heavy atom. The molecule has 3 aromatic rings. The van der Waals surface area contributed by atoms with Gasteiger partial charge in [-0.2, -0.15) is 5.10 Å². The van der Waals surface area contributed by atoms with Gasteiger partial charge in [0, 0.05) is 18.1 Å². The van der Waals surface area contributed by atoms with Gasteiger partial charge < -0.3 is 5.32 Å². The molecule has 6 nitrogen and oxygen atoms in total. The molecule has 1 heterocycles. The van der Waals surface area contributed by atoms with Crippen molar-refractivity contribution in [3.05, 3.63) is 71.0 Å². The minimum Gasteiger partial charge on any atom is -0.321 e. The zero-order valence-corrected chi connectivity index (χ0v) is 16.5.